The number of hydrogen-bond acceptors (Lipinski definition) is 3. The van der Waals surface area contributed by atoms with Gasteiger partial charge in [0.15, 0.2) is 0 Å². The lowest BCUT2D eigenvalue weighted by Crippen LogP contribution is -2.29. The van der Waals surface area contributed by atoms with Crippen LogP contribution in [-0.2, 0) is 0 Å². The molecule has 1 aliphatic rings. The maximum atomic E-state index is 12.1. The predicted molar refractivity (Wildman–Crippen MR) is 65.4 cm³/mol. The molecule has 0 aromatic carbocycles. The summed E-state index contributed by atoms with van der Waals surface area (Å²) >= 11 is 0. The fourth-order valence-corrected chi connectivity index (χ4v) is 1.99. The maximum absolute atomic E-state index is 12.1. The number of carboxylic acids is 1. The molecule has 1 saturated carbocycles. The Labute approximate surface area is 105 Å². The molecule has 0 spiro atoms. The standard InChI is InChI=1S/C13H16N2O3/c1-8-5-10(8)7-15(2)12(16)9-3-4-14-11(6-9)13(17)18/h3-4,6,8,10H,5,7H2,1-2H3,(H,17,18). The van der Waals surface area contributed by atoms with Gasteiger partial charge in [0.05, 0.1) is 0 Å². The van der Waals surface area contributed by atoms with Gasteiger partial charge < -0.3 is 10.0 Å². The highest BCUT2D eigenvalue weighted by molar-refractivity contribution is 5.96. The van der Waals surface area contributed by atoms with E-state index in [9.17, 15) is 9.59 Å². The van der Waals surface area contributed by atoms with Gasteiger partial charge in [0.1, 0.15) is 5.69 Å². The molecule has 1 fully saturated rings. The third-order valence-electron chi connectivity index (χ3n) is 3.36. The highest BCUT2D eigenvalue weighted by atomic mass is 16.4. The summed E-state index contributed by atoms with van der Waals surface area (Å²) < 4.78 is 0. The van der Waals surface area contributed by atoms with E-state index in [1.807, 2.05) is 0 Å². The Hall–Kier alpha value is -1.91. The molecule has 2 atom stereocenters. The number of hydrogen-bond donors (Lipinski definition) is 1. The molecule has 18 heavy (non-hydrogen) atoms. The minimum Gasteiger partial charge on any atom is -0.477 e. The van der Waals surface area contributed by atoms with Gasteiger partial charge in [-0.2, -0.15) is 0 Å². The zero-order valence-corrected chi connectivity index (χ0v) is 10.5. The van der Waals surface area contributed by atoms with Crippen molar-refractivity contribution in [2.75, 3.05) is 13.6 Å². The van der Waals surface area contributed by atoms with Crippen molar-refractivity contribution in [1.29, 1.82) is 0 Å². The molecule has 0 bridgehead atoms. The van der Waals surface area contributed by atoms with Gasteiger partial charge in [-0.3, -0.25) is 4.79 Å². The van der Waals surface area contributed by atoms with Crippen molar-refractivity contribution in [2.45, 2.75) is 13.3 Å². The minimum absolute atomic E-state index is 0.103. The maximum Gasteiger partial charge on any atom is 0.354 e. The molecule has 1 heterocycles. The number of pyridine rings is 1. The first-order valence-electron chi connectivity index (χ1n) is 5.94. The average Bonchev–Trinajstić information content (AvgIpc) is 3.04. The Morgan fingerprint density at radius 2 is 2.22 bits per heavy atom. The first kappa shape index (κ1) is 12.5. The summed E-state index contributed by atoms with van der Waals surface area (Å²) in [7, 11) is 1.74. The van der Waals surface area contributed by atoms with Crippen LogP contribution in [0.2, 0.25) is 0 Å². The third-order valence-corrected chi connectivity index (χ3v) is 3.36. The largest absolute Gasteiger partial charge is 0.477 e. The first-order valence-corrected chi connectivity index (χ1v) is 5.94. The van der Waals surface area contributed by atoms with Crippen LogP contribution in [0.5, 0.6) is 0 Å². The van der Waals surface area contributed by atoms with E-state index in [1.54, 1.807) is 18.0 Å². The van der Waals surface area contributed by atoms with Crippen LogP contribution in [-0.4, -0.2) is 40.5 Å². The van der Waals surface area contributed by atoms with Crippen LogP contribution in [0.4, 0.5) is 0 Å². The van der Waals surface area contributed by atoms with Gasteiger partial charge >= 0.3 is 5.97 Å². The number of carboxylic acid groups (broad SMARTS) is 1. The van der Waals surface area contributed by atoms with Crippen LogP contribution in [0.3, 0.4) is 0 Å². The summed E-state index contributed by atoms with van der Waals surface area (Å²) in [6.07, 6.45) is 2.51. The predicted octanol–water partition coefficient (Wildman–Crippen LogP) is 1.51. The van der Waals surface area contributed by atoms with E-state index in [0.29, 0.717) is 17.4 Å². The van der Waals surface area contributed by atoms with Crippen molar-refractivity contribution < 1.29 is 14.7 Å². The number of amides is 1. The van der Waals surface area contributed by atoms with Gasteiger partial charge in [-0.1, -0.05) is 6.92 Å². The van der Waals surface area contributed by atoms with E-state index in [4.69, 9.17) is 5.11 Å². The molecule has 1 aliphatic carbocycles. The molecule has 1 amide bonds. The first-order chi connectivity index (χ1) is 8.49. The van der Waals surface area contributed by atoms with Crippen molar-refractivity contribution in [3.8, 4) is 0 Å². The van der Waals surface area contributed by atoms with E-state index in [-0.39, 0.29) is 11.6 Å². The molecular weight excluding hydrogens is 232 g/mol. The Morgan fingerprint density at radius 3 is 2.78 bits per heavy atom. The smallest absolute Gasteiger partial charge is 0.354 e. The summed E-state index contributed by atoms with van der Waals surface area (Å²) in [4.78, 5) is 28.2. The van der Waals surface area contributed by atoms with Gasteiger partial charge in [0.2, 0.25) is 0 Å². The van der Waals surface area contributed by atoms with Crippen LogP contribution in [0.1, 0.15) is 34.2 Å². The zero-order chi connectivity index (χ0) is 13.3. The fourth-order valence-electron chi connectivity index (χ4n) is 1.99. The second-order valence-corrected chi connectivity index (χ2v) is 4.89. The van der Waals surface area contributed by atoms with Crippen LogP contribution in [0.25, 0.3) is 0 Å². The Bertz CT molecular complexity index is 487. The SMILES string of the molecule is CC1CC1CN(C)C(=O)c1ccnc(C(=O)O)c1. The minimum atomic E-state index is -1.12. The van der Waals surface area contributed by atoms with Crippen LogP contribution in [0.15, 0.2) is 18.3 Å². The molecule has 2 unspecified atom stereocenters. The van der Waals surface area contributed by atoms with Gasteiger partial charge in [-0.15, -0.1) is 0 Å². The van der Waals surface area contributed by atoms with Gasteiger partial charge in [-0.25, -0.2) is 9.78 Å². The molecule has 96 valence electrons. The molecule has 2 rings (SSSR count). The Kier molecular flexibility index (Phi) is 3.32. The summed E-state index contributed by atoms with van der Waals surface area (Å²) in [5.41, 5.74) is 0.271. The monoisotopic (exact) mass is 248 g/mol. The third kappa shape index (κ3) is 2.67. The van der Waals surface area contributed by atoms with Crippen LogP contribution < -0.4 is 0 Å². The summed E-state index contributed by atoms with van der Waals surface area (Å²) in [6, 6.07) is 2.86. The second kappa shape index (κ2) is 4.76. The number of carbonyl (C=O) groups is 2. The quantitative estimate of drug-likeness (QED) is 0.876. The van der Waals surface area contributed by atoms with Crippen LogP contribution >= 0.6 is 0 Å². The van der Waals surface area contributed by atoms with Crippen molar-refractivity contribution in [3.63, 3.8) is 0 Å². The molecular formula is C13H16N2O3. The molecule has 5 heteroatoms. The number of rotatable bonds is 4. The van der Waals surface area contributed by atoms with Crippen molar-refractivity contribution >= 4 is 11.9 Å². The molecule has 0 aliphatic heterocycles. The molecule has 1 aromatic rings. The van der Waals surface area contributed by atoms with Gasteiger partial charge in [-0.05, 0) is 30.4 Å². The zero-order valence-electron chi connectivity index (χ0n) is 10.5. The van der Waals surface area contributed by atoms with Crippen molar-refractivity contribution in [1.82, 2.24) is 9.88 Å². The summed E-state index contributed by atoms with van der Waals surface area (Å²) in [5, 5.41) is 8.83. The van der Waals surface area contributed by atoms with E-state index in [0.717, 1.165) is 13.0 Å². The van der Waals surface area contributed by atoms with Crippen LogP contribution in [0, 0.1) is 11.8 Å². The van der Waals surface area contributed by atoms with Gasteiger partial charge in [0.25, 0.3) is 5.91 Å². The molecule has 0 radical (unpaired) electrons. The average molecular weight is 248 g/mol. The lowest BCUT2D eigenvalue weighted by atomic mass is 10.2. The van der Waals surface area contributed by atoms with E-state index in [1.165, 1.54) is 12.3 Å². The summed E-state index contributed by atoms with van der Waals surface area (Å²) in [6.45, 7) is 2.89. The number of nitrogens with zero attached hydrogens (tertiary/aromatic N) is 2. The van der Waals surface area contributed by atoms with E-state index in [2.05, 4.69) is 11.9 Å². The van der Waals surface area contributed by atoms with E-state index >= 15 is 0 Å². The molecule has 1 N–H and O–H groups in total. The summed E-state index contributed by atoms with van der Waals surface area (Å²) in [5.74, 6) is -0.00544. The number of aromatic carboxylic acids is 1. The Balaban J connectivity index is 2.07. The topological polar surface area (TPSA) is 70.5 Å². The molecule has 0 saturated heterocycles. The van der Waals surface area contributed by atoms with E-state index < -0.39 is 5.97 Å². The van der Waals surface area contributed by atoms with Crippen molar-refractivity contribution in [3.05, 3.63) is 29.6 Å². The number of aromatic nitrogens is 1. The molecule has 1 aromatic heterocycles. The highest BCUT2D eigenvalue weighted by Gasteiger charge is 2.34. The fraction of sp³-hybridized carbons (Fsp3) is 0.462. The molecule has 5 nitrogen and oxygen atoms in total. The van der Waals surface area contributed by atoms with Gasteiger partial charge in [0, 0.05) is 25.4 Å². The lowest BCUT2D eigenvalue weighted by molar-refractivity contribution is 0.0690. The number of carbonyl (C=O) groups excluding carboxylic acids is 1. The normalized spacial score (nSPS) is 21.4. The second-order valence-electron chi connectivity index (χ2n) is 4.89. The Morgan fingerprint density at radius 1 is 1.56 bits per heavy atom. The highest BCUT2D eigenvalue weighted by Crippen LogP contribution is 2.38. The lowest BCUT2D eigenvalue weighted by Gasteiger charge is -2.17. The van der Waals surface area contributed by atoms with Crippen molar-refractivity contribution in [2.24, 2.45) is 11.8 Å².